The number of aliphatic hydroxyl groups is 1. The van der Waals surface area contributed by atoms with Crippen molar-refractivity contribution >= 4 is 35.8 Å². The zero-order chi connectivity index (χ0) is 19.3. The second-order valence-electron chi connectivity index (χ2n) is 6.34. The molecule has 0 saturated heterocycles. The van der Waals surface area contributed by atoms with Gasteiger partial charge in [0.05, 0.1) is 17.7 Å². The Hall–Kier alpha value is -1.42. The fraction of sp³-hybridized carbons (Fsp3) is 0.632. The van der Waals surface area contributed by atoms with Crippen LogP contribution in [0.15, 0.2) is 29.5 Å². The first-order valence-corrected chi connectivity index (χ1v) is 9.47. The number of rotatable bonds is 11. The average molecular weight is 491 g/mol. The predicted octanol–water partition coefficient (Wildman–Crippen LogP) is 2.32. The first-order chi connectivity index (χ1) is 12.5. The number of carbonyl (C=O) groups excluding carboxylic acids is 1. The molecule has 0 aliphatic carbocycles. The lowest BCUT2D eigenvalue weighted by molar-refractivity contribution is 0.0306. The van der Waals surface area contributed by atoms with E-state index in [9.17, 15) is 9.90 Å². The second kappa shape index (κ2) is 14.6. The molecular weight excluding hydrogens is 457 g/mol. The van der Waals surface area contributed by atoms with E-state index in [0.29, 0.717) is 31.2 Å². The highest BCUT2D eigenvalue weighted by Gasteiger charge is 2.24. The van der Waals surface area contributed by atoms with Gasteiger partial charge in [-0.3, -0.25) is 14.8 Å². The molecule has 0 saturated carbocycles. The fourth-order valence-corrected chi connectivity index (χ4v) is 2.74. The third-order valence-corrected chi connectivity index (χ3v) is 3.93. The Kier molecular flexibility index (Phi) is 13.8. The van der Waals surface area contributed by atoms with Crippen molar-refractivity contribution in [3.05, 3.63) is 30.1 Å². The van der Waals surface area contributed by atoms with Crippen molar-refractivity contribution in [2.75, 3.05) is 26.2 Å². The van der Waals surface area contributed by atoms with E-state index in [4.69, 9.17) is 0 Å². The Morgan fingerprint density at radius 2 is 1.81 bits per heavy atom. The van der Waals surface area contributed by atoms with Gasteiger partial charge in [-0.2, -0.15) is 0 Å². The minimum absolute atomic E-state index is 0. The molecule has 1 heterocycles. The monoisotopic (exact) mass is 491 g/mol. The van der Waals surface area contributed by atoms with Crippen LogP contribution in [0.5, 0.6) is 0 Å². The summed E-state index contributed by atoms with van der Waals surface area (Å²) in [4.78, 5) is 20.4. The maximum absolute atomic E-state index is 12.0. The molecule has 0 bridgehead atoms. The van der Waals surface area contributed by atoms with Crippen LogP contribution in [0, 0.1) is 0 Å². The highest BCUT2D eigenvalue weighted by Crippen LogP contribution is 2.19. The normalized spacial score (nSPS) is 11.5. The summed E-state index contributed by atoms with van der Waals surface area (Å²) in [5.74, 6) is 0.496. The molecule has 1 aromatic heterocycles. The number of halogens is 1. The van der Waals surface area contributed by atoms with Crippen molar-refractivity contribution < 1.29 is 9.90 Å². The summed E-state index contributed by atoms with van der Waals surface area (Å²) in [5, 5.41) is 19.9. The molecule has 154 valence electrons. The van der Waals surface area contributed by atoms with Crippen LogP contribution in [0.1, 0.15) is 56.8 Å². The van der Waals surface area contributed by atoms with Gasteiger partial charge in [-0.1, -0.05) is 26.7 Å². The van der Waals surface area contributed by atoms with Crippen LogP contribution >= 0.6 is 24.0 Å². The van der Waals surface area contributed by atoms with Crippen molar-refractivity contribution in [3.63, 3.8) is 0 Å². The average Bonchev–Trinajstić information content (AvgIpc) is 2.64. The van der Waals surface area contributed by atoms with Crippen molar-refractivity contribution in [3.8, 4) is 0 Å². The number of pyridine rings is 1. The number of aliphatic imine (C=N–C) groups is 1. The molecular formula is C19H34IN5O2. The van der Waals surface area contributed by atoms with E-state index in [2.05, 4.69) is 39.8 Å². The van der Waals surface area contributed by atoms with E-state index in [1.807, 2.05) is 6.92 Å². The van der Waals surface area contributed by atoms with Crippen molar-refractivity contribution in [1.29, 1.82) is 0 Å². The van der Waals surface area contributed by atoms with E-state index in [1.54, 1.807) is 18.3 Å². The predicted molar refractivity (Wildman–Crippen MR) is 121 cm³/mol. The molecule has 8 heteroatoms. The molecule has 1 amide bonds. The Morgan fingerprint density at radius 3 is 2.37 bits per heavy atom. The number of aromatic nitrogens is 1. The Bertz CT molecular complexity index is 548. The molecule has 27 heavy (non-hydrogen) atoms. The minimum Gasteiger partial charge on any atom is -0.388 e. The van der Waals surface area contributed by atoms with Gasteiger partial charge in [-0.05, 0) is 31.9 Å². The van der Waals surface area contributed by atoms with E-state index >= 15 is 0 Å². The van der Waals surface area contributed by atoms with E-state index < -0.39 is 5.60 Å². The highest BCUT2D eigenvalue weighted by atomic mass is 127. The van der Waals surface area contributed by atoms with Gasteiger partial charge >= 0.3 is 0 Å². The Balaban J connectivity index is 0.00000676. The van der Waals surface area contributed by atoms with Gasteiger partial charge in [0, 0.05) is 32.0 Å². The van der Waals surface area contributed by atoms with Gasteiger partial charge in [0.15, 0.2) is 5.96 Å². The number of amides is 1. The molecule has 0 spiro atoms. The summed E-state index contributed by atoms with van der Waals surface area (Å²) >= 11 is 0. The first-order valence-electron chi connectivity index (χ1n) is 9.47. The van der Waals surface area contributed by atoms with Gasteiger partial charge in [0.25, 0.3) is 5.91 Å². The van der Waals surface area contributed by atoms with Crippen LogP contribution in [0.3, 0.4) is 0 Å². The fourth-order valence-electron chi connectivity index (χ4n) is 2.74. The van der Waals surface area contributed by atoms with Gasteiger partial charge in [0.1, 0.15) is 0 Å². The van der Waals surface area contributed by atoms with E-state index in [0.717, 1.165) is 32.2 Å². The van der Waals surface area contributed by atoms with Crippen LogP contribution in [0.4, 0.5) is 0 Å². The Labute approximate surface area is 179 Å². The topological polar surface area (TPSA) is 98.6 Å². The molecule has 0 aliphatic rings. The molecule has 1 rings (SSSR count). The highest BCUT2D eigenvalue weighted by molar-refractivity contribution is 14.0. The SMILES string of the molecule is CCCC(O)(CCC)CN=C(NCC)NCCNC(=O)c1cccnc1.I. The van der Waals surface area contributed by atoms with Crippen molar-refractivity contribution in [2.45, 2.75) is 52.1 Å². The van der Waals surface area contributed by atoms with Crippen LogP contribution in [-0.4, -0.2) is 53.7 Å². The molecule has 4 N–H and O–H groups in total. The zero-order valence-electron chi connectivity index (χ0n) is 16.6. The first kappa shape index (κ1) is 25.6. The molecule has 0 aliphatic heterocycles. The van der Waals surface area contributed by atoms with Crippen LogP contribution in [0.2, 0.25) is 0 Å². The van der Waals surface area contributed by atoms with Crippen molar-refractivity contribution in [2.24, 2.45) is 4.99 Å². The van der Waals surface area contributed by atoms with Gasteiger partial charge in [0.2, 0.25) is 0 Å². The second-order valence-corrected chi connectivity index (χ2v) is 6.34. The van der Waals surface area contributed by atoms with Crippen molar-refractivity contribution in [1.82, 2.24) is 20.9 Å². The summed E-state index contributed by atoms with van der Waals surface area (Å²) in [5.41, 5.74) is -0.210. The summed E-state index contributed by atoms with van der Waals surface area (Å²) in [7, 11) is 0. The molecule has 0 atom stereocenters. The third kappa shape index (κ3) is 10.5. The standard InChI is InChI=1S/C19H33N5O2.HI/c1-4-9-19(26,10-5-2)15-24-18(21-6-3)23-13-12-22-17(25)16-8-7-11-20-14-16;/h7-8,11,14,26H,4-6,9-10,12-13,15H2,1-3H3,(H,22,25)(H2,21,23,24);1H. The minimum atomic E-state index is -0.750. The zero-order valence-corrected chi connectivity index (χ0v) is 19.0. The maximum atomic E-state index is 12.0. The van der Waals surface area contributed by atoms with Gasteiger partial charge < -0.3 is 21.1 Å². The summed E-state index contributed by atoms with van der Waals surface area (Å²) in [6.07, 6.45) is 6.51. The van der Waals surface area contributed by atoms with E-state index in [1.165, 1.54) is 6.20 Å². The largest absolute Gasteiger partial charge is 0.388 e. The maximum Gasteiger partial charge on any atom is 0.252 e. The lowest BCUT2D eigenvalue weighted by Gasteiger charge is -2.26. The number of nitrogens with one attached hydrogen (secondary N) is 3. The molecule has 7 nitrogen and oxygen atoms in total. The summed E-state index contributed by atoms with van der Waals surface area (Å²) in [6, 6.07) is 3.46. The molecule has 0 fully saturated rings. The van der Waals surface area contributed by atoms with Crippen LogP contribution in [-0.2, 0) is 0 Å². The summed E-state index contributed by atoms with van der Waals surface area (Å²) < 4.78 is 0. The van der Waals surface area contributed by atoms with E-state index in [-0.39, 0.29) is 29.9 Å². The smallest absolute Gasteiger partial charge is 0.252 e. The van der Waals surface area contributed by atoms with Crippen LogP contribution in [0.25, 0.3) is 0 Å². The molecule has 0 unspecified atom stereocenters. The number of carbonyl (C=O) groups is 1. The number of guanidine groups is 1. The van der Waals surface area contributed by atoms with Crippen LogP contribution < -0.4 is 16.0 Å². The van der Waals surface area contributed by atoms with Gasteiger partial charge in [-0.25, -0.2) is 0 Å². The molecule has 0 radical (unpaired) electrons. The Morgan fingerprint density at radius 1 is 1.15 bits per heavy atom. The lowest BCUT2D eigenvalue weighted by atomic mass is 9.93. The number of hydrogen-bond donors (Lipinski definition) is 4. The number of hydrogen-bond acceptors (Lipinski definition) is 4. The molecule has 1 aromatic rings. The summed E-state index contributed by atoms with van der Waals surface area (Å²) in [6.45, 7) is 8.23. The number of nitrogens with zero attached hydrogens (tertiary/aromatic N) is 2. The van der Waals surface area contributed by atoms with Gasteiger partial charge in [-0.15, -0.1) is 24.0 Å². The lowest BCUT2D eigenvalue weighted by Crippen LogP contribution is -2.43. The molecule has 0 aromatic carbocycles. The quantitative estimate of drug-likeness (QED) is 0.165. The third-order valence-electron chi connectivity index (χ3n) is 3.93.